The predicted octanol–water partition coefficient (Wildman–Crippen LogP) is 1.98. The Bertz CT molecular complexity index is 1110. The van der Waals surface area contributed by atoms with Gasteiger partial charge in [-0.15, -0.1) is 0 Å². The number of unbranched alkanes of at least 4 members (excludes halogenated alkanes) is 3. The molecule has 0 saturated carbocycles. The first-order chi connectivity index (χ1) is 20.7. The Labute approximate surface area is 253 Å². The number of hydroxylamine groups is 1. The van der Waals surface area contributed by atoms with E-state index < -0.39 is 41.9 Å². The number of carbonyl (C=O) groups is 5. The molecule has 2 aliphatic heterocycles. The largest absolute Gasteiger partial charge is 0.497 e. The molecule has 12 heteroatoms. The van der Waals surface area contributed by atoms with Crippen LogP contribution in [0.4, 0.5) is 0 Å². The molecule has 2 heterocycles. The number of nitrogens with one attached hydrogen (secondary N) is 4. The van der Waals surface area contributed by atoms with Gasteiger partial charge in [-0.1, -0.05) is 51.7 Å². The van der Waals surface area contributed by atoms with Crippen molar-refractivity contribution in [3.63, 3.8) is 0 Å². The second-order valence-electron chi connectivity index (χ2n) is 11.6. The van der Waals surface area contributed by atoms with Crippen molar-refractivity contribution >= 4 is 29.5 Å². The van der Waals surface area contributed by atoms with Gasteiger partial charge in [-0.3, -0.25) is 29.2 Å². The average Bonchev–Trinajstić information content (AvgIpc) is 3.03. The van der Waals surface area contributed by atoms with Crippen molar-refractivity contribution in [1.29, 1.82) is 0 Å². The summed E-state index contributed by atoms with van der Waals surface area (Å²) in [5, 5.41) is 17.4. The van der Waals surface area contributed by atoms with Gasteiger partial charge < -0.3 is 25.6 Å². The molecule has 1 aromatic carbocycles. The Morgan fingerprint density at radius 3 is 2.33 bits per heavy atom. The Balaban J connectivity index is 1.87. The first-order valence-corrected chi connectivity index (χ1v) is 15.5. The van der Waals surface area contributed by atoms with Gasteiger partial charge in [-0.25, -0.2) is 5.48 Å². The molecular weight excluding hydrogens is 554 g/mol. The lowest BCUT2D eigenvalue weighted by molar-refractivity contribution is -0.147. The van der Waals surface area contributed by atoms with Gasteiger partial charge in [0, 0.05) is 19.4 Å². The van der Waals surface area contributed by atoms with Crippen molar-refractivity contribution in [2.24, 2.45) is 5.92 Å². The molecule has 12 nitrogen and oxygen atoms in total. The molecule has 5 amide bonds. The van der Waals surface area contributed by atoms with Gasteiger partial charge >= 0.3 is 0 Å². The maximum absolute atomic E-state index is 13.9. The quantitative estimate of drug-likeness (QED) is 0.139. The fraction of sp³-hybridized carbons (Fsp3) is 0.645. The van der Waals surface area contributed by atoms with Crippen molar-refractivity contribution in [2.45, 2.75) is 109 Å². The molecule has 2 saturated heterocycles. The number of hydrogen-bond donors (Lipinski definition) is 5. The molecule has 0 unspecified atom stereocenters. The highest BCUT2D eigenvalue weighted by molar-refractivity contribution is 5.97. The lowest BCUT2D eigenvalue weighted by Gasteiger charge is -2.39. The molecule has 0 spiro atoms. The van der Waals surface area contributed by atoms with Crippen molar-refractivity contribution in [1.82, 2.24) is 26.3 Å². The number of piperidine rings is 1. The highest BCUT2D eigenvalue weighted by Gasteiger charge is 2.40. The van der Waals surface area contributed by atoms with Crippen molar-refractivity contribution in [3.05, 3.63) is 29.8 Å². The molecule has 5 atom stereocenters. The summed E-state index contributed by atoms with van der Waals surface area (Å²) in [6.45, 7) is 4.26. The van der Waals surface area contributed by atoms with Crippen LogP contribution < -0.4 is 26.2 Å². The van der Waals surface area contributed by atoms with E-state index in [2.05, 4.69) is 16.0 Å². The second-order valence-corrected chi connectivity index (χ2v) is 11.6. The normalized spacial score (nSPS) is 24.0. The van der Waals surface area contributed by atoms with E-state index in [4.69, 9.17) is 9.94 Å². The van der Waals surface area contributed by atoms with Gasteiger partial charge in [-0.2, -0.15) is 0 Å². The van der Waals surface area contributed by atoms with E-state index in [1.807, 2.05) is 26.0 Å². The summed E-state index contributed by atoms with van der Waals surface area (Å²) in [7, 11) is 1.56. The fourth-order valence-electron chi connectivity index (χ4n) is 5.64. The molecule has 5 N–H and O–H groups in total. The molecule has 2 fully saturated rings. The molecule has 0 radical (unpaired) electrons. The van der Waals surface area contributed by atoms with Crippen molar-refractivity contribution in [3.8, 4) is 5.75 Å². The Kier molecular flexibility index (Phi) is 13.2. The molecule has 2 aliphatic rings. The van der Waals surface area contributed by atoms with Crippen LogP contribution in [0.15, 0.2) is 24.3 Å². The van der Waals surface area contributed by atoms with E-state index in [9.17, 15) is 24.0 Å². The minimum Gasteiger partial charge on any atom is -0.497 e. The maximum Gasteiger partial charge on any atom is 0.246 e. The molecule has 3 rings (SSSR count). The van der Waals surface area contributed by atoms with E-state index in [0.717, 1.165) is 18.4 Å². The van der Waals surface area contributed by atoms with Gasteiger partial charge in [0.05, 0.1) is 7.11 Å². The van der Waals surface area contributed by atoms with Crippen LogP contribution in [0, 0.1) is 5.92 Å². The summed E-state index contributed by atoms with van der Waals surface area (Å²) in [6.07, 6.45) is 5.97. The molecule has 1 aromatic rings. The van der Waals surface area contributed by atoms with E-state index >= 15 is 0 Å². The summed E-state index contributed by atoms with van der Waals surface area (Å²) in [5.74, 6) is -1.53. The van der Waals surface area contributed by atoms with Crippen LogP contribution in [-0.2, 0) is 30.4 Å². The summed E-state index contributed by atoms with van der Waals surface area (Å²) in [6, 6.07) is 3.77. The SMILES string of the molecule is CC[C@@H](C)[C@@H]1NC(=O)[C@@H](Cc2ccc(OC)cc2)NC(=O)[C@H](CCCCCCC(=O)NO)NC(=O)[C@@H]2CCCCN2C1=O. The molecule has 43 heavy (non-hydrogen) atoms. The van der Waals surface area contributed by atoms with Crippen LogP contribution in [0.25, 0.3) is 0 Å². The van der Waals surface area contributed by atoms with Crippen LogP contribution in [0.5, 0.6) is 5.75 Å². The first-order valence-electron chi connectivity index (χ1n) is 15.5. The van der Waals surface area contributed by atoms with Gasteiger partial charge in [0.1, 0.15) is 29.9 Å². The smallest absolute Gasteiger partial charge is 0.246 e. The minimum absolute atomic E-state index is 0.182. The average molecular weight is 602 g/mol. The molecule has 0 aliphatic carbocycles. The Morgan fingerprint density at radius 2 is 1.65 bits per heavy atom. The number of ether oxygens (including phenoxy) is 1. The maximum atomic E-state index is 13.9. The van der Waals surface area contributed by atoms with Gasteiger partial charge in [-0.05, 0) is 55.7 Å². The van der Waals surface area contributed by atoms with Gasteiger partial charge in [0.2, 0.25) is 29.5 Å². The standard InChI is InChI=1S/C31H47N5O7/c1-4-20(2)27-31(41)36-18-10-9-12-25(36)30(40)32-23(11-7-5-6-8-13-26(37)35-42)28(38)33-24(29(39)34-27)19-21-14-16-22(43-3)17-15-21/h14-17,20,23-25,27,42H,4-13,18-19H2,1-3H3,(H,32,40)(H,33,38)(H,34,39)(H,35,37)/t20-,23+,24-,25+,27+/m1/s1. The van der Waals surface area contributed by atoms with E-state index in [-0.39, 0.29) is 30.6 Å². The van der Waals surface area contributed by atoms with E-state index in [0.29, 0.717) is 57.2 Å². The highest BCUT2D eigenvalue weighted by Crippen LogP contribution is 2.22. The Hall–Kier alpha value is -3.67. The summed E-state index contributed by atoms with van der Waals surface area (Å²) in [4.78, 5) is 67.8. The number of nitrogens with zero attached hydrogens (tertiary/aromatic N) is 1. The third-order valence-corrected chi connectivity index (χ3v) is 8.50. The van der Waals surface area contributed by atoms with Crippen LogP contribution in [0.2, 0.25) is 0 Å². The zero-order valence-electron chi connectivity index (χ0n) is 25.5. The monoisotopic (exact) mass is 601 g/mol. The van der Waals surface area contributed by atoms with Crippen LogP contribution >= 0.6 is 0 Å². The third kappa shape index (κ3) is 9.67. The van der Waals surface area contributed by atoms with E-state index in [1.165, 1.54) is 0 Å². The third-order valence-electron chi connectivity index (χ3n) is 8.50. The summed E-state index contributed by atoms with van der Waals surface area (Å²) >= 11 is 0. The van der Waals surface area contributed by atoms with E-state index in [1.54, 1.807) is 29.6 Å². The number of methoxy groups -OCH3 is 1. The highest BCUT2D eigenvalue weighted by atomic mass is 16.5. The number of rotatable bonds is 12. The molecule has 0 bridgehead atoms. The zero-order valence-corrected chi connectivity index (χ0v) is 25.5. The van der Waals surface area contributed by atoms with Crippen LogP contribution in [0.1, 0.15) is 83.6 Å². The second kappa shape index (κ2) is 16.8. The zero-order chi connectivity index (χ0) is 31.4. The fourth-order valence-corrected chi connectivity index (χ4v) is 5.64. The van der Waals surface area contributed by atoms with Crippen molar-refractivity contribution in [2.75, 3.05) is 13.7 Å². The number of amides is 5. The predicted molar refractivity (Wildman–Crippen MR) is 159 cm³/mol. The van der Waals surface area contributed by atoms with Crippen LogP contribution in [-0.4, -0.2) is 77.5 Å². The minimum atomic E-state index is -0.978. The summed E-state index contributed by atoms with van der Waals surface area (Å²) < 4.78 is 5.24. The number of benzene rings is 1. The number of hydrogen-bond acceptors (Lipinski definition) is 7. The molecule has 0 aromatic heterocycles. The Morgan fingerprint density at radius 1 is 0.977 bits per heavy atom. The first kappa shape index (κ1) is 33.8. The van der Waals surface area contributed by atoms with Gasteiger partial charge in [0.25, 0.3) is 0 Å². The number of fused-ring (bicyclic) bond motifs is 1. The summed E-state index contributed by atoms with van der Waals surface area (Å²) in [5.41, 5.74) is 2.41. The molecular formula is C31H47N5O7. The van der Waals surface area contributed by atoms with Crippen molar-refractivity contribution < 1.29 is 33.9 Å². The lowest BCUT2D eigenvalue weighted by Crippen LogP contribution is -2.64. The lowest BCUT2D eigenvalue weighted by atomic mass is 9.93. The van der Waals surface area contributed by atoms with Crippen LogP contribution in [0.3, 0.4) is 0 Å². The topological polar surface area (TPSA) is 166 Å². The van der Waals surface area contributed by atoms with Gasteiger partial charge in [0.15, 0.2) is 0 Å². The number of carbonyl (C=O) groups excluding carboxylic acids is 5. The molecule has 238 valence electrons.